The van der Waals surface area contributed by atoms with E-state index < -0.39 is 0 Å². The summed E-state index contributed by atoms with van der Waals surface area (Å²) in [4.78, 5) is 32.3. The third kappa shape index (κ3) is 6.41. The Hall–Kier alpha value is -4.15. The number of carbonyl (C=O) groups is 2. The predicted octanol–water partition coefficient (Wildman–Crippen LogP) is 4.14. The molecule has 2 bridgehead atoms. The maximum Gasteiger partial charge on any atom is 0.239 e. The number of hydrogen-bond donors (Lipinski definition) is 2. The van der Waals surface area contributed by atoms with Gasteiger partial charge in [0.15, 0.2) is 0 Å². The van der Waals surface area contributed by atoms with Crippen molar-refractivity contribution < 1.29 is 19.1 Å². The van der Waals surface area contributed by atoms with Crippen molar-refractivity contribution in [2.45, 2.75) is 42.7 Å². The molecule has 6 atom stereocenters. The number of benzene rings is 2. The smallest absolute Gasteiger partial charge is 0.239 e. The molecule has 0 aromatic heterocycles. The first-order valence-electron chi connectivity index (χ1n) is 16.6. The van der Waals surface area contributed by atoms with Crippen LogP contribution in [0.3, 0.4) is 0 Å². The molecule has 0 radical (unpaired) electrons. The Labute approximate surface area is 276 Å². The Morgan fingerprint density at radius 2 is 1.72 bits per heavy atom. The van der Waals surface area contributed by atoms with E-state index in [1.54, 1.807) is 16.8 Å². The lowest BCUT2D eigenvalue weighted by Gasteiger charge is -2.58. The molecule has 2 aromatic rings. The minimum Gasteiger partial charge on any atom is -0.399 e. The zero-order chi connectivity index (χ0) is 33.0. The number of nitrogens with one attached hydrogen (secondary N) is 1. The lowest BCUT2D eigenvalue weighted by molar-refractivity contribution is -0.133. The molecular formula is C36H45N7O4. The number of anilines is 1. The molecule has 6 unspecified atom stereocenters. The van der Waals surface area contributed by atoms with Crippen LogP contribution < -0.4 is 11.1 Å². The van der Waals surface area contributed by atoms with Gasteiger partial charge < -0.3 is 30.3 Å². The van der Waals surface area contributed by atoms with Gasteiger partial charge in [-0.25, -0.2) is 0 Å². The Balaban J connectivity index is 0.968. The topological polar surface area (TPSA) is 146 Å². The molecule has 7 rings (SSSR count). The van der Waals surface area contributed by atoms with Gasteiger partial charge in [0.25, 0.3) is 0 Å². The van der Waals surface area contributed by atoms with Crippen molar-refractivity contribution in [1.82, 2.24) is 15.1 Å². The van der Waals surface area contributed by atoms with Gasteiger partial charge in [-0.05, 0) is 64.6 Å². The van der Waals surface area contributed by atoms with Crippen LogP contribution in [0.1, 0.15) is 47.4 Å². The summed E-state index contributed by atoms with van der Waals surface area (Å²) in [5, 5.41) is 6.80. The fraction of sp³-hybridized carbons (Fsp3) is 0.500. The van der Waals surface area contributed by atoms with E-state index in [9.17, 15) is 9.59 Å². The van der Waals surface area contributed by atoms with Gasteiger partial charge in [0.1, 0.15) is 0 Å². The van der Waals surface area contributed by atoms with Crippen LogP contribution in [0.2, 0.25) is 0 Å². The number of amides is 2. The number of allylic oxidation sites excluding steroid dienone is 4. The summed E-state index contributed by atoms with van der Waals surface area (Å²) in [5.74, 6) is 0.951. The van der Waals surface area contributed by atoms with Gasteiger partial charge in [0, 0.05) is 62.1 Å². The molecule has 2 aromatic carbocycles. The molecule has 11 nitrogen and oxygen atoms in total. The standard InChI is InChI=1S/C36H45N7O4/c1-42(15-17-46-19-20-47-18-16-43(2)35(45)32-22-25(23-39-32)40-41-38)33(44)13-14-36-29-9-5-3-7-26(29)34(27-8-4-6-10-30(27)36)28-12-11-24(37)21-31(28)36/h3-12,21,25-26,29,32,34,39H,13-20,22-23,37H2,1-2H3. The summed E-state index contributed by atoms with van der Waals surface area (Å²) in [6, 6.07) is 14.6. The van der Waals surface area contributed by atoms with Crippen LogP contribution in [0, 0.1) is 11.8 Å². The van der Waals surface area contributed by atoms with E-state index in [-0.39, 0.29) is 41.1 Å². The Morgan fingerprint density at radius 1 is 1.00 bits per heavy atom. The second-order valence-corrected chi connectivity index (χ2v) is 13.1. The predicted molar refractivity (Wildman–Crippen MR) is 181 cm³/mol. The molecule has 248 valence electrons. The number of nitrogens with zero attached hydrogens (tertiary/aromatic N) is 5. The minimum absolute atomic E-state index is 0.0339. The van der Waals surface area contributed by atoms with Gasteiger partial charge in [0.2, 0.25) is 11.8 Å². The van der Waals surface area contributed by atoms with Crippen LogP contribution in [0.15, 0.2) is 71.9 Å². The molecular weight excluding hydrogens is 594 g/mol. The highest BCUT2D eigenvalue weighted by atomic mass is 16.5. The maximum absolute atomic E-state index is 13.5. The third-order valence-electron chi connectivity index (χ3n) is 10.5. The van der Waals surface area contributed by atoms with Crippen LogP contribution in [-0.4, -0.2) is 93.9 Å². The quantitative estimate of drug-likeness (QED) is 0.104. The van der Waals surface area contributed by atoms with Crippen LogP contribution in [-0.2, 0) is 24.5 Å². The number of ether oxygens (including phenoxy) is 2. The molecule has 2 amide bonds. The second kappa shape index (κ2) is 14.3. The molecule has 1 fully saturated rings. The van der Waals surface area contributed by atoms with Gasteiger partial charge in [0.05, 0.1) is 38.5 Å². The van der Waals surface area contributed by atoms with Crippen molar-refractivity contribution in [3.8, 4) is 0 Å². The molecule has 4 aliphatic carbocycles. The number of nitrogen functional groups attached to an aromatic ring is 1. The number of carbonyl (C=O) groups excluding carboxylic acids is 2. The van der Waals surface area contributed by atoms with Crippen molar-refractivity contribution in [3.63, 3.8) is 0 Å². The average molecular weight is 640 g/mol. The number of azide groups is 1. The summed E-state index contributed by atoms with van der Waals surface area (Å²) in [5.41, 5.74) is 20.7. The van der Waals surface area contributed by atoms with E-state index in [1.807, 2.05) is 13.1 Å². The Bertz CT molecular complexity index is 1590. The summed E-state index contributed by atoms with van der Waals surface area (Å²) >= 11 is 0. The monoisotopic (exact) mass is 639 g/mol. The number of nitrogens with two attached hydrogens (primary N) is 1. The van der Waals surface area contributed by atoms with Gasteiger partial charge >= 0.3 is 0 Å². The van der Waals surface area contributed by atoms with Gasteiger partial charge in [-0.2, -0.15) is 0 Å². The average Bonchev–Trinajstić information content (AvgIpc) is 3.56. The summed E-state index contributed by atoms with van der Waals surface area (Å²) in [6.45, 7) is 3.07. The number of hydrogen-bond acceptors (Lipinski definition) is 7. The van der Waals surface area contributed by atoms with Crippen molar-refractivity contribution in [3.05, 3.63) is 99.5 Å². The van der Waals surface area contributed by atoms with E-state index in [1.165, 1.54) is 22.3 Å². The van der Waals surface area contributed by atoms with Gasteiger partial charge in [-0.1, -0.05) is 59.8 Å². The molecule has 3 N–H and O–H groups in total. The van der Waals surface area contributed by atoms with E-state index in [4.69, 9.17) is 20.7 Å². The first-order valence-corrected chi connectivity index (χ1v) is 16.6. The van der Waals surface area contributed by atoms with Crippen molar-refractivity contribution in [1.29, 1.82) is 0 Å². The number of likely N-dealkylation sites (N-methyl/N-ethyl adjacent to an activating group) is 2. The fourth-order valence-electron chi connectivity index (χ4n) is 8.15. The fourth-order valence-corrected chi connectivity index (χ4v) is 8.15. The molecule has 0 spiro atoms. The van der Waals surface area contributed by atoms with E-state index in [0.29, 0.717) is 71.2 Å². The second-order valence-electron chi connectivity index (χ2n) is 13.1. The first-order chi connectivity index (χ1) is 22.8. The molecule has 1 saturated heterocycles. The molecule has 11 heteroatoms. The molecule has 1 heterocycles. The van der Waals surface area contributed by atoms with E-state index >= 15 is 0 Å². The SMILES string of the molecule is CN(CCOCCOCCN(C)C(=O)C1CC(N=[N+]=[N-])CN1)C(=O)CCC12c3ccccc3C(c3ccc(N)cc31)C1C=CC=CC12. The molecule has 5 aliphatic rings. The van der Waals surface area contributed by atoms with Crippen molar-refractivity contribution in [2.75, 3.05) is 65.9 Å². The van der Waals surface area contributed by atoms with E-state index in [0.717, 1.165) is 5.69 Å². The largest absolute Gasteiger partial charge is 0.399 e. The van der Waals surface area contributed by atoms with Gasteiger partial charge in [-0.3, -0.25) is 9.59 Å². The van der Waals surface area contributed by atoms with Crippen LogP contribution in [0.4, 0.5) is 5.69 Å². The van der Waals surface area contributed by atoms with Crippen LogP contribution >= 0.6 is 0 Å². The number of rotatable bonds is 14. The molecule has 47 heavy (non-hydrogen) atoms. The van der Waals surface area contributed by atoms with Crippen LogP contribution in [0.5, 0.6) is 0 Å². The first kappa shape index (κ1) is 32.8. The minimum atomic E-state index is -0.334. The maximum atomic E-state index is 13.5. The summed E-state index contributed by atoms with van der Waals surface area (Å²) in [7, 11) is 3.58. The highest BCUT2D eigenvalue weighted by Gasteiger charge is 2.57. The highest BCUT2D eigenvalue weighted by Crippen LogP contribution is 2.64. The zero-order valence-electron chi connectivity index (χ0n) is 27.3. The Morgan fingerprint density at radius 3 is 2.51 bits per heavy atom. The summed E-state index contributed by atoms with van der Waals surface area (Å²) in [6.07, 6.45) is 10.6. The van der Waals surface area contributed by atoms with Crippen molar-refractivity contribution in [2.24, 2.45) is 17.0 Å². The van der Waals surface area contributed by atoms with E-state index in [2.05, 4.69) is 76.0 Å². The lowest BCUT2D eigenvalue weighted by Crippen LogP contribution is -2.52. The summed E-state index contributed by atoms with van der Waals surface area (Å²) < 4.78 is 11.4. The normalized spacial score (nSPS) is 26.2. The lowest BCUT2D eigenvalue weighted by atomic mass is 9.45. The van der Waals surface area contributed by atoms with Crippen molar-refractivity contribution >= 4 is 17.5 Å². The van der Waals surface area contributed by atoms with Crippen LogP contribution in [0.25, 0.3) is 10.4 Å². The Kier molecular flexibility index (Phi) is 9.98. The molecule has 1 aliphatic heterocycles. The molecule has 0 saturated carbocycles. The highest BCUT2D eigenvalue weighted by molar-refractivity contribution is 5.82. The zero-order valence-corrected chi connectivity index (χ0v) is 27.3. The third-order valence-corrected chi connectivity index (χ3v) is 10.5. The van der Waals surface area contributed by atoms with Gasteiger partial charge in [-0.15, -0.1) is 0 Å².